The summed E-state index contributed by atoms with van der Waals surface area (Å²) in [7, 11) is 0. The van der Waals surface area contributed by atoms with Gasteiger partial charge in [-0.3, -0.25) is 4.79 Å². The predicted molar refractivity (Wildman–Crippen MR) is 80.4 cm³/mol. The Balaban J connectivity index is 3.09. The average Bonchev–Trinajstić information content (AvgIpc) is 2.41. The van der Waals surface area contributed by atoms with Gasteiger partial charge in [-0.2, -0.15) is 0 Å². The molecule has 0 aliphatic rings. The van der Waals surface area contributed by atoms with Gasteiger partial charge < -0.3 is 9.64 Å². The molecule has 0 fully saturated rings. The largest absolute Gasteiger partial charge is 0.493 e. The molecule has 1 aromatic carbocycles. The highest BCUT2D eigenvalue weighted by Gasteiger charge is 2.14. The van der Waals surface area contributed by atoms with Crippen LogP contribution in [0.25, 0.3) is 0 Å². The van der Waals surface area contributed by atoms with Crippen LogP contribution in [0.4, 0.5) is 5.69 Å². The van der Waals surface area contributed by atoms with Crippen LogP contribution in [0.15, 0.2) is 18.2 Å². The van der Waals surface area contributed by atoms with Crippen molar-refractivity contribution in [2.24, 2.45) is 0 Å². The van der Waals surface area contributed by atoms with Crippen LogP contribution in [0.5, 0.6) is 5.75 Å². The van der Waals surface area contributed by atoms with E-state index in [2.05, 4.69) is 18.7 Å². The molecule has 0 unspecified atom stereocenters. The van der Waals surface area contributed by atoms with Crippen molar-refractivity contribution < 1.29 is 9.53 Å². The van der Waals surface area contributed by atoms with Gasteiger partial charge in [-0.25, -0.2) is 0 Å². The van der Waals surface area contributed by atoms with E-state index in [4.69, 9.17) is 4.74 Å². The average molecular weight is 263 g/mol. The van der Waals surface area contributed by atoms with E-state index in [1.807, 2.05) is 32.0 Å². The second-order valence-corrected chi connectivity index (χ2v) is 4.46. The van der Waals surface area contributed by atoms with Gasteiger partial charge in [0.2, 0.25) is 0 Å². The lowest BCUT2D eigenvalue weighted by atomic mass is 10.0. The summed E-state index contributed by atoms with van der Waals surface area (Å²) in [6, 6.07) is 5.90. The van der Waals surface area contributed by atoms with Crippen molar-refractivity contribution in [1.82, 2.24) is 0 Å². The van der Waals surface area contributed by atoms with Crippen LogP contribution in [-0.2, 0) is 0 Å². The summed E-state index contributed by atoms with van der Waals surface area (Å²) < 4.78 is 5.64. The van der Waals surface area contributed by atoms with Crippen molar-refractivity contribution in [2.45, 2.75) is 40.5 Å². The molecule has 3 heteroatoms. The number of Topliss-reactive ketones (excluding diaryl/α,β-unsaturated/α-hetero) is 1. The SMILES string of the molecule is CCCC(=O)c1ccc(N(CC)CC)cc1OCC. The van der Waals surface area contributed by atoms with Gasteiger partial charge in [0.05, 0.1) is 12.2 Å². The fourth-order valence-corrected chi connectivity index (χ4v) is 2.16. The van der Waals surface area contributed by atoms with Gasteiger partial charge in [0.1, 0.15) is 5.75 Å². The van der Waals surface area contributed by atoms with Crippen molar-refractivity contribution in [3.05, 3.63) is 23.8 Å². The number of benzene rings is 1. The van der Waals surface area contributed by atoms with Crippen LogP contribution in [0, 0.1) is 0 Å². The number of carbonyl (C=O) groups is 1. The highest BCUT2D eigenvalue weighted by molar-refractivity contribution is 5.99. The molecular weight excluding hydrogens is 238 g/mol. The van der Waals surface area contributed by atoms with Crippen molar-refractivity contribution in [2.75, 3.05) is 24.6 Å². The molecule has 0 saturated carbocycles. The van der Waals surface area contributed by atoms with Gasteiger partial charge in [0, 0.05) is 31.3 Å². The lowest BCUT2D eigenvalue weighted by Gasteiger charge is -2.22. The lowest BCUT2D eigenvalue weighted by Crippen LogP contribution is -2.22. The Morgan fingerprint density at radius 3 is 2.37 bits per heavy atom. The monoisotopic (exact) mass is 263 g/mol. The van der Waals surface area contributed by atoms with E-state index in [-0.39, 0.29) is 5.78 Å². The van der Waals surface area contributed by atoms with E-state index in [0.717, 1.165) is 25.2 Å². The maximum absolute atomic E-state index is 12.1. The fraction of sp³-hybridized carbons (Fsp3) is 0.562. The smallest absolute Gasteiger partial charge is 0.166 e. The van der Waals surface area contributed by atoms with Gasteiger partial charge in [-0.05, 0) is 39.3 Å². The minimum Gasteiger partial charge on any atom is -0.493 e. The molecule has 0 atom stereocenters. The molecule has 0 aliphatic heterocycles. The number of nitrogens with zero attached hydrogens (tertiary/aromatic N) is 1. The van der Waals surface area contributed by atoms with E-state index in [0.29, 0.717) is 24.3 Å². The molecule has 0 aliphatic carbocycles. The van der Waals surface area contributed by atoms with Crippen molar-refractivity contribution in [3.63, 3.8) is 0 Å². The summed E-state index contributed by atoms with van der Waals surface area (Å²) in [4.78, 5) is 14.3. The minimum absolute atomic E-state index is 0.164. The van der Waals surface area contributed by atoms with Crippen LogP contribution in [0.3, 0.4) is 0 Å². The zero-order valence-corrected chi connectivity index (χ0v) is 12.5. The molecule has 0 spiro atoms. The third-order valence-electron chi connectivity index (χ3n) is 3.17. The second kappa shape index (κ2) is 7.82. The number of ketones is 1. The number of rotatable bonds is 8. The third kappa shape index (κ3) is 3.98. The normalized spacial score (nSPS) is 10.3. The molecule has 0 bridgehead atoms. The first-order valence-electron chi connectivity index (χ1n) is 7.22. The van der Waals surface area contributed by atoms with Crippen molar-refractivity contribution in [3.8, 4) is 5.75 Å². The lowest BCUT2D eigenvalue weighted by molar-refractivity contribution is 0.0978. The molecule has 0 heterocycles. The first kappa shape index (κ1) is 15.5. The van der Waals surface area contributed by atoms with Gasteiger partial charge in [-0.15, -0.1) is 0 Å². The third-order valence-corrected chi connectivity index (χ3v) is 3.17. The molecule has 0 N–H and O–H groups in total. The molecule has 106 valence electrons. The fourth-order valence-electron chi connectivity index (χ4n) is 2.16. The number of anilines is 1. The Bertz CT molecular complexity index is 411. The van der Waals surface area contributed by atoms with E-state index < -0.39 is 0 Å². The summed E-state index contributed by atoms with van der Waals surface area (Å²) >= 11 is 0. The Hall–Kier alpha value is -1.51. The van der Waals surface area contributed by atoms with Gasteiger partial charge in [0.25, 0.3) is 0 Å². The second-order valence-electron chi connectivity index (χ2n) is 4.46. The highest BCUT2D eigenvalue weighted by atomic mass is 16.5. The van der Waals surface area contributed by atoms with E-state index >= 15 is 0 Å². The summed E-state index contributed by atoms with van der Waals surface area (Å²) in [5.74, 6) is 0.877. The maximum atomic E-state index is 12.1. The van der Waals surface area contributed by atoms with Gasteiger partial charge in [0.15, 0.2) is 5.78 Å². The maximum Gasteiger partial charge on any atom is 0.166 e. The molecule has 1 aromatic rings. The number of hydrogen-bond donors (Lipinski definition) is 0. The topological polar surface area (TPSA) is 29.5 Å². The van der Waals surface area contributed by atoms with Crippen LogP contribution in [0.1, 0.15) is 50.9 Å². The van der Waals surface area contributed by atoms with E-state index in [1.165, 1.54) is 0 Å². The van der Waals surface area contributed by atoms with Crippen molar-refractivity contribution >= 4 is 11.5 Å². The Labute approximate surface area is 116 Å². The molecule has 0 amide bonds. The molecule has 0 radical (unpaired) electrons. The quantitative estimate of drug-likeness (QED) is 0.666. The minimum atomic E-state index is 0.164. The van der Waals surface area contributed by atoms with Crippen LogP contribution < -0.4 is 9.64 Å². The molecule has 0 saturated heterocycles. The summed E-state index contributed by atoms with van der Waals surface area (Å²) in [5.41, 5.74) is 1.82. The standard InChI is InChI=1S/C16H25NO2/c1-5-9-15(18)14-11-10-13(17(6-2)7-3)12-16(14)19-8-4/h10-12H,5-9H2,1-4H3. The van der Waals surface area contributed by atoms with Crippen LogP contribution >= 0.6 is 0 Å². The van der Waals surface area contributed by atoms with Crippen LogP contribution in [-0.4, -0.2) is 25.5 Å². The highest BCUT2D eigenvalue weighted by Crippen LogP contribution is 2.27. The summed E-state index contributed by atoms with van der Waals surface area (Å²) in [6.07, 6.45) is 1.44. The van der Waals surface area contributed by atoms with Crippen LogP contribution in [0.2, 0.25) is 0 Å². The molecule has 1 rings (SSSR count). The van der Waals surface area contributed by atoms with E-state index in [9.17, 15) is 4.79 Å². The Kier molecular flexibility index (Phi) is 6.40. The van der Waals surface area contributed by atoms with Crippen molar-refractivity contribution in [1.29, 1.82) is 0 Å². The zero-order chi connectivity index (χ0) is 14.3. The Morgan fingerprint density at radius 1 is 1.16 bits per heavy atom. The number of carbonyl (C=O) groups excluding carboxylic acids is 1. The molecular formula is C16H25NO2. The summed E-state index contributed by atoms with van der Waals surface area (Å²) in [6.45, 7) is 10.7. The Morgan fingerprint density at radius 2 is 1.84 bits per heavy atom. The number of ether oxygens (including phenoxy) is 1. The molecule has 3 nitrogen and oxygen atoms in total. The van der Waals surface area contributed by atoms with E-state index in [1.54, 1.807) is 0 Å². The first-order chi connectivity index (χ1) is 9.17. The summed E-state index contributed by atoms with van der Waals surface area (Å²) in [5, 5.41) is 0. The number of hydrogen-bond acceptors (Lipinski definition) is 3. The zero-order valence-electron chi connectivity index (χ0n) is 12.5. The van der Waals surface area contributed by atoms with Gasteiger partial charge in [-0.1, -0.05) is 6.92 Å². The van der Waals surface area contributed by atoms with Gasteiger partial charge >= 0.3 is 0 Å². The molecule has 0 aromatic heterocycles. The molecule has 19 heavy (non-hydrogen) atoms. The first-order valence-corrected chi connectivity index (χ1v) is 7.22. The predicted octanol–water partition coefficient (Wildman–Crippen LogP) is 3.91.